The van der Waals surface area contributed by atoms with Crippen LogP contribution in [0.5, 0.6) is 0 Å². The van der Waals surface area contributed by atoms with Crippen molar-refractivity contribution in [2.24, 2.45) is 5.92 Å². The first-order valence-corrected chi connectivity index (χ1v) is 11.8. The highest BCUT2D eigenvalue weighted by atomic mass is 35.5. The molecule has 2 bridgehead atoms. The summed E-state index contributed by atoms with van der Waals surface area (Å²) >= 11 is 6.43. The SMILES string of the molecule is [2H]C1([2H])O[C@H]2O[C@@H]1[C@@H](O)C(Nc1ncc(Cl)c(-c3cc(F)c4nc(C(C)(C)O)n(C(C)C)c4c3)n1)[C@@H]2C. The van der Waals surface area contributed by atoms with Gasteiger partial charge in [-0.25, -0.2) is 19.3 Å². The Labute approximate surface area is 210 Å². The number of hydrogen-bond acceptors (Lipinski definition) is 8. The largest absolute Gasteiger partial charge is 0.388 e. The third kappa shape index (κ3) is 4.17. The summed E-state index contributed by atoms with van der Waals surface area (Å²) < 4.78 is 43.9. The van der Waals surface area contributed by atoms with E-state index in [0.29, 0.717) is 16.9 Å². The molecule has 2 aromatic heterocycles. The molecule has 0 saturated carbocycles. The number of rotatable bonds is 5. The summed E-state index contributed by atoms with van der Waals surface area (Å²) in [6.45, 7) is 6.66. The lowest BCUT2D eigenvalue weighted by Gasteiger charge is -2.37. The second kappa shape index (κ2) is 8.63. The van der Waals surface area contributed by atoms with E-state index in [1.807, 2.05) is 13.8 Å². The molecule has 0 aliphatic carbocycles. The predicted molar refractivity (Wildman–Crippen MR) is 129 cm³/mol. The molecule has 2 saturated heterocycles. The Kier molecular flexibility index (Phi) is 5.40. The number of halogens is 2. The molecule has 0 radical (unpaired) electrons. The first kappa shape index (κ1) is 21.9. The number of fused-ring (bicyclic) bond motifs is 3. The zero-order valence-corrected chi connectivity index (χ0v) is 20.7. The van der Waals surface area contributed by atoms with Gasteiger partial charge in [-0.15, -0.1) is 0 Å². The summed E-state index contributed by atoms with van der Waals surface area (Å²) in [5, 5.41) is 24.7. The van der Waals surface area contributed by atoms with E-state index < -0.39 is 48.4 Å². The second-order valence-electron chi connectivity index (χ2n) is 9.85. The lowest BCUT2D eigenvalue weighted by molar-refractivity contribution is -0.154. The molecule has 11 heteroatoms. The summed E-state index contributed by atoms with van der Waals surface area (Å²) in [5.41, 5.74) is -0.0489. The maximum absolute atomic E-state index is 15.3. The van der Waals surface area contributed by atoms with Crippen molar-refractivity contribution in [2.45, 2.75) is 70.8 Å². The molecule has 3 N–H and O–H groups in total. The van der Waals surface area contributed by atoms with Crippen LogP contribution in [0.15, 0.2) is 18.3 Å². The average Bonchev–Trinajstić information content (AvgIpc) is 3.33. The van der Waals surface area contributed by atoms with Crippen molar-refractivity contribution in [3.63, 3.8) is 0 Å². The molecule has 0 amide bonds. The van der Waals surface area contributed by atoms with Crippen LogP contribution in [0, 0.1) is 11.7 Å². The Balaban J connectivity index is 1.55. The van der Waals surface area contributed by atoms with Gasteiger partial charge in [0.2, 0.25) is 5.95 Å². The molecule has 2 aliphatic rings. The highest BCUT2D eigenvalue weighted by molar-refractivity contribution is 6.33. The summed E-state index contributed by atoms with van der Waals surface area (Å²) in [5.74, 6) is -0.567. The number of imidazole rings is 1. The first-order valence-electron chi connectivity index (χ1n) is 12.4. The number of anilines is 1. The van der Waals surface area contributed by atoms with E-state index in [1.54, 1.807) is 31.4 Å². The van der Waals surface area contributed by atoms with Crippen molar-refractivity contribution in [3.8, 4) is 11.3 Å². The van der Waals surface area contributed by atoms with Crippen LogP contribution in [0.25, 0.3) is 22.3 Å². The van der Waals surface area contributed by atoms with Crippen LogP contribution in [0.2, 0.25) is 5.02 Å². The fourth-order valence-corrected chi connectivity index (χ4v) is 4.83. The minimum Gasteiger partial charge on any atom is -0.388 e. The number of aliphatic hydroxyl groups excluding tert-OH is 1. The molecule has 9 nitrogen and oxygen atoms in total. The molecule has 4 heterocycles. The Bertz CT molecular complexity index is 1370. The Morgan fingerprint density at radius 2 is 2.09 bits per heavy atom. The third-order valence-corrected chi connectivity index (χ3v) is 6.66. The van der Waals surface area contributed by atoms with Crippen molar-refractivity contribution < 1.29 is 26.8 Å². The van der Waals surface area contributed by atoms with Gasteiger partial charge >= 0.3 is 0 Å². The van der Waals surface area contributed by atoms with Gasteiger partial charge in [0.15, 0.2) is 12.1 Å². The van der Waals surface area contributed by atoms with E-state index in [-0.39, 0.29) is 28.2 Å². The quantitative estimate of drug-likeness (QED) is 0.479. The van der Waals surface area contributed by atoms with Crippen molar-refractivity contribution in [2.75, 3.05) is 11.9 Å². The first-order chi connectivity index (χ1) is 17.2. The molecule has 35 heavy (non-hydrogen) atoms. The lowest BCUT2D eigenvalue weighted by Crippen LogP contribution is -2.53. The van der Waals surface area contributed by atoms with Crippen LogP contribution >= 0.6 is 11.6 Å². The van der Waals surface area contributed by atoms with E-state index in [9.17, 15) is 10.2 Å². The van der Waals surface area contributed by atoms with Gasteiger partial charge in [-0.3, -0.25) is 0 Å². The molecular weight excluding hydrogens is 477 g/mol. The van der Waals surface area contributed by atoms with E-state index in [2.05, 4.69) is 20.3 Å². The van der Waals surface area contributed by atoms with Crippen molar-refractivity contribution in [3.05, 3.63) is 35.0 Å². The number of aromatic nitrogens is 4. The van der Waals surface area contributed by atoms with E-state index in [1.165, 1.54) is 12.3 Å². The summed E-state index contributed by atoms with van der Waals surface area (Å²) in [4.78, 5) is 13.1. The number of nitrogens with one attached hydrogen (secondary N) is 1. The van der Waals surface area contributed by atoms with Crippen LogP contribution in [0.3, 0.4) is 0 Å². The minimum atomic E-state index is -2.13. The van der Waals surface area contributed by atoms with Crippen LogP contribution in [0.4, 0.5) is 10.3 Å². The Morgan fingerprint density at radius 3 is 2.77 bits per heavy atom. The van der Waals surface area contributed by atoms with E-state index in [4.69, 9.17) is 23.8 Å². The predicted octanol–water partition coefficient (Wildman–Crippen LogP) is 3.63. The van der Waals surface area contributed by atoms with Gasteiger partial charge in [0.1, 0.15) is 29.2 Å². The van der Waals surface area contributed by atoms with Crippen LogP contribution in [-0.4, -0.2) is 60.8 Å². The maximum atomic E-state index is 15.3. The third-order valence-electron chi connectivity index (χ3n) is 6.38. The molecule has 5 atom stereocenters. The summed E-state index contributed by atoms with van der Waals surface area (Å²) in [6.07, 6.45) is -1.88. The number of aliphatic hydroxyl groups is 2. The summed E-state index contributed by atoms with van der Waals surface area (Å²) in [6, 6.07) is 2.20. The minimum absolute atomic E-state index is 0.116. The van der Waals surface area contributed by atoms with Gasteiger partial charge < -0.3 is 29.6 Å². The molecule has 5 rings (SSSR count). The average molecular weight is 508 g/mol. The number of benzene rings is 1. The molecule has 2 fully saturated rings. The smallest absolute Gasteiger partial charge is 0.223 e. The molecule has 3 aromatic rings. The number of nitrogens with zero attached hydrogens (tertiary/aromatic N) is 4. The van der Waals surface area contributed by atoms with Crippen LogP contribution < -0.4 is 5.32 Å². The van der Waals surface area contributed by atoms with Crippen LogP contribution in [-0.2, 0) is 15.1 Å². The Morgan fingerprint density at radius 1 is 1.34 bits per heavy atom. The van der Waals surface area contributed by atoms with Crippen LogP contribution in [0.1, 0.15) is 49.2 Å². The van der Waals surface area contributed by atoms with Gasteiger partial charge in [0.05, 0.1) is 37.8 Å². The van der Waals surface area contributed by atoms with Crippen molar-refractivity contribution in [1.82, 2.24) is 19.5 Å². The van der Waals surface area contributed by atoms with Gasteiger partial charge in [0, 0.05) is 17.5 Å². The summed E-state index contributed by atoms with van der Waals surface area (Å²) in [7, 11) is 0. The highest BCUT2D eigenvalue weighted by Crippen LogP contribution is 2.36. The van der Waals surface area contributed by atoms with E-state index >= 15 is 4.39 Å². The van der Waals surface area contributed by atoms with Gasteiger partial charge in [-0.05, 0) is 39.8 Å². The highest BCUT2D eigenvalue weighted by Gasteiger charge is 2.48. The van der Waals surface area contributed by atoms with Crippen molar-refractivity contribution in [1.29, 1.82) is 0 Å². The lowest BCUT2D eigenvalue weighted by atomic mass is 9.91. The second-order valence-corrected chi connectivity index (χ2v) is 10.3. The van der Waals surface area contributed by atoms with Crippen molar-refractivity contribution >= 4 is 28.6 Å². The number of hydrogen-bond donors (Lipinski definition) is 3. The normalized spacial score (nSPS) is 28.9. The zero-order chi connectivity index (χ0) is 27.0. The standard InChI is InChI=1S/C24H29ClFN5O4/c1-10(2)31-15-7-12(6-14(26)19(15)28-22(31)24(4,5)33)18-13(25)8-27-23(30-18)29-17-11(3)21-34-9-16(35-21)20(17)32/h6-8,10-11,16-17,20-21,32-33H,9H2,1-5H3,(H,27,29,30)/t11-,16-,17?,20+,21-/m0/s1/i9D2. The molecular formula is C24H29ClFN5O4. The molecule has 1 aromatic carbocycles. The van der Waals surface area contributed by atoms with Gasteiger partial charge in [-0.2, -0.15) is 0 Å². The van der Waals surface area contributed by atoms with Gasteiger partial charge in [0.25, 0.3) is 0 Å². The molecule has 1 unspecified atom stereocenters. The fraction of sp³-hybridized carbons (Fsp3) is 0.542. The maximum Gasteiger partial charge on any atom is 0.223 e. The molecule has 0 spiro atoms. The zero-order valence-electron chi connectivity index (χ0n) is 22.0. The number of ether oxygens (including phenoxy) is 2. The topological polar surface area (TPSA) is 115 Å². The van der Waals surface area contributed by atoms with Gasteiger partial charge in [-0.1, -0.05) is 18.5 Å². The Hall–Kier alpha value is -2.37. The van der Waals surface area contributed by atoms with E-state index in [0.717, 1.165) is 0 Å². The monoisotopic (exact) mass is 507 g/mol. The molecule has 188 valence electrons. The fourth-order valence-electron chi connectivity index (χ4n) is 4.63. The molecule has 2 aliphatic heterocycles.